The standard InChI is InChI=1S/C14H13BrN2OS/c15-12-4-2-1-3-10(12)7-11-8-16-14(19-11)17-13(18)9-5-6-9/h1-4,8-9H,5-7H2,(H,16,17,18). The topological polar surface area (TPSA) is 42.0 Å². The first-order chi connectivity index (χ1) is 9.22. The van der Waals surface area contributed by atoms with E-state index < -0.39 is 0 Å². The first-order valence-corrected chi connectivity index (χ1v) is 7.82. The van der Waals surface area contributed by atoms with E-state index in [0.717, 1.165) is 28.6 Å². The number of hydrogen-bond acceptors (Lipinski definition) is 3. The summed E-state index contributed by atoms with van der Waals surface area (Å²) in [5, 5.41) is 3.59. The SMILES string of the molecule is O=C(Nc1ncc(Cc2ccccc2Br)s1)C1CC1. The van der Waals surface area contributed by atoms with E-state index in [2.05, 4.69) is 32.3 Å². The van der Waals surface area contributed by atoms with Crippen LogP contribution in [0.4, 0.5) is 5.13 Å². The molecule has 2 aromatic rings. The van der Waals surface area contributed by atoms with E-state index in [1.165, 1.54) is 5.56 Å². The van der Waals surface area contributed by atoms with Crippen LogP contribution in [0.25, 0.3) is 0 Å². The highest BCUT2D eigenvalue weighted by atomic mass is 79.9. The largest absolute Gasteiger partial charge is 0.302 e. The Labute approximate surface area is 124 Å². The zero-order valence-corrected chi connectivity index (χ0v) is 12.6. The van der Waals surface area contributed by atoms with E-state index >= 15 is 0 Å². The fourth-order valence-electron chi connectivity index (χ4n) is 1.83. The van der Waals surface area contributed by atoms with Gasteiger partial charge in [0.2, 0.25) is 5.91 Å². The van der Waals surface area contributed by atoms with E-state index in [1.807, 2.05) is 24.4 Å². The number of rotatable bonds is 4. The van der Waals surface area contributed by atoms with Gasteiger partial charge in [-0.1, -0.05) is 34.1 Å². The molecule has 0 saturated heterocycles. The highest BCUT2D eigenvalue weighted by Gasteiger charge is 2.30. The minimum absolute atomic E-state index is 0.113. The van der Waals surface area contributed by atoms with Crippen molar-refractivity contribution in [2.45, 2.75) is 19.3 Å². The smallest absolute Gasteiger partial charge is 0.229 e. The normalized spacial score (nSPS) is 14.4. The molecule has 1 aromatic heterocycles. The number of anilines is 1. The molecule has 1 amide bonds. The van der Waals surface area contributed by atoms with Crippen molar-refractivity contribution in [3.63, 3.8) is 0 Å². The Morgan fingerprint density at radius 3 is 2.95 bits per heavy atom. The van der Waals surface area contributed by atoms with Gasteiger partial charge in [0.05, 0.1) is 0 Å². The van der Waals surface area contributed by atoms with Crippen molar-refractivity contribution in [3.05, 3.63) is 45.4 Å². The summed E-state index contributed by atoms with van der Waals surface area (Å²) in [4.78, 5) is 17.1. The second-order valence-electron chi connectivity index (χ2n) is 4.66. The van der Waals surface area contributed by atoms with E-state index in [1.54, 1.807) is 11.3 Å². The van der Waals surface area contributed by atoms with Crippen LogP contribution in [-0.2, 0) is 11.2 Å². The zero-order chi connectivity index (χ0) is 13.2. The number of nitrogens with zero attached hydrogens (tertiary/aromatic N) is 1. The van der Waals surface area contributed by atoms with Gasteiger partial charge in [0.25, 0.3) is 0 Å². The lowest BCUT2D eigenvalue weighted by Gasteiger charge is -2.01. The molecule has 0 bridgehead atoms. The molecular formula is C14H13BrN2OS. The van der Waals surface area contributed by atoms with Crippen molar-refractivity contribution in [2.75, 3.05) is 5.32 Å². The van der Waals surface area contributed by atoms with Crippen LogP contribution in [0, 0.1) is 5.92 Å². The average molecular weight is 337 g/mol. The molecule has 0 atom stereocenters. The van der Waals surface area contributed by atoms with Crippen LogP contribution >= 0.6 is 27.3 Å². The van der Waals surface area contributed by atoms with Gasteiger partial charge in [0.15, 0.2) is 5.13 Å². The summed E-state index contributed by atoms with van der Waals surface area (Å²) in [6.45, 7) is 0. The van der Waals surface area contributed by atoms with Crippen LogP contribution in [0.2, 0.25) is 0 Å². The monoisotopic (exact) mass is 336 g/mol. The first-order valence-electron chi connectivity index (χ1n) is 6.21. The highest BCUT2D eigenvalue weighted by Crippen LogP contribution is 2.31. The maximum Gasteiger partial charge on any atom is 0.229 e. The van der Waals surface area contributed by atoms with Crippen molar-refractivity contribution < 1.29 is 4.79 Å². The van der Waals surface area contributed by atoms with Crippen LogP contribution in [0.3, 0.4) is 0 Å². The molecule has 1 aliphatic carbocycles. The summed E-state index contributed by atoms with van der Waals surface area (Å²) < 4.78 is 1.10. The van der Waals surface area contributed by atoms with Crippen LogP contribution in [0.15, 0.2) is 34.9 Å². The maximum atomic E-state index is 11.6. The lowest BCUT2D eigenvalue weighted by atomic mass is 10.1. The molecule has 1 saturated carbocycles. The van der Waals surface area contributed by atoms with Crippen molar-refractivity contribution >= 4 is 38.3 Å². The zero-order valence-electron chi connectivity index (χ0n) is 10.2. The molecule has 0 spiro atoms. The van der Waals surface area contributed by atoms with E-state index in [4.69, 9.17) is 0 Å². The number of thiazole rings is 1. The molecule has 5 heteroatoms. The Morgan fingerprint density at radius 2 is 2.21 bits per heavy atom. The molecule has 0 unspecified atom stereocenters. The lowest BCUT2D eigenvalue weighted by molar-refractivity contribution is -0.117. The number of aromatic nitrogens is 1. The second kappa shape index (κ2) is 5.43. The van der Waals surface area contributed by atoms with Crippen molar-refractivity contribution in [3.8, 4) is 0 Å². The number of benzene rings is 1. The summed E-state index contributed by atoms with van der Waals surface area (Å²) in [6, 6.07) is 8.15. The molecular weight excluding hydrogens is 324 g/mol. The van der Waals surface area contributed by atoms with Crippen molar-refractivity contribution in [1.82, 2.24) is 4.98 Å². The summed E-state index contributed by atoms with van der Waals surface area (Å²) in [5.41, 5.74) is 1.23. The fourth-order valence-corrected chi connectivity index (χ4v) is 3.09. The molecule has 1 aliphatic rings. The number of carbonyl (C=O) groups is 1. The van der Waals surface area contributed by atoms with Gasteiger partial charge in [-0.2, -0.15) is 0 Å². The van der Waals surface area contributed by atoms with Gasteiger partial charge in [0, 0.05) is 27.9 Å². The molecule has 0 aliphatic heterocycles. The Kier molecular flexibility index (Phi) is 3.66. The highest BCUT2D eigenvalue weighted by molar-refractivity contribution is 9.10. The Bertz CT molecular complexity index is 607. The van der Waals surface area contributed by atoms with Gasteiger partial charge in [-0.25, -0.2) is 4.98 Å². The molecule has 98 valence electrons. The number of amides is 1. The van der Waals surface area contributed by atoms with Gasteiger partial charge in [-0.15, -0.1) is 11.3 Å². The number of hydrogen-bond donors (Lipinski definition) is 1. The molecule has 0 radical (unpaired) electrons. The number of nitrogens with one attached hydrogen (secondary N) is 1. The maximum absolute atomic E-state index is 11.6. The van der Waals surface area contributed by atoms with E-state index in [9.17, 15) is 4.79 Å². The molecule has 3 nitrogen and oxygen atoms in total. The lowest BCUT2D eigenvalue weighted by Crippen LogP contribution is -2.12. The summed E-state index contributed by atoms with van der Waals surface area (Å²) >= 11 is 5.09. The second-order valence-corrected chi connectivity index (χ2v) is 6.63. The van der Waals surface area contributed by atoms with Crippen LogP contribution < -0.4 is 5.32 Å². The van der Waals surface area contributed by atoms with Crippen molar-refractivity contribution in [1.29, 1.82) is 0 Å². The average Bonchev–Trinajstić information content (AvgIpc) is 3.16. The molecule has 3 rings (SSSR count). The van der Waals surface area contributed by atoms with Gasteiger partial charge >= 0.3 is 0 Å². The van der Waals surface area contributed by atoms with E-state index in [-0.39, 0.29) is 11.8 Å². The molecule has 1 aromatic carbocycles. The Balaban J connectivity index is 1.67. The summed E-state index contributed by atoms with van der Waals surface area (Å²) in [6.07, 6.45) is 4.70. The Morgan fingerprint density at radius 1 is 1.42 bits per heavy atom. The third kappa shape index (κ3) is 3.22. The van der Waals surface area contributed by atoms with Gasteiger partial charge in [-0.3, -0.25) is 4.79 Å². The third-order valence-corrected chi connectivity index (χ3v) is 4.74. The minimum atomic E-state index is 0.113. The quantitative estimate of drug-likeness (QED) is 0.921. The predicted octanol–water partition coefficient (Wildman–Crippen LogP) is 3.84. The summed E-state index contributed by atoms with van der Waals surface area (Å²) in [7, 11) is 0. The third-order valence-electron chi connectivity index (χ3n) is 3.05. The van der Waals surface area contributed by atoms with Gasteiger partial charge in [-0.05, 0) is 24.5 Å². The molecule has 1 N–H and O–H groups in total. The number of halogens is 1. The Hall–Kier alpha value is -1.20. The summed E-state index contributed by atoms with van der Waals surface area (Å²) in [5.74, 6) is 0.331. The van der Waals surface area contributed by atoms with Crippen LogP contribution in [-0.4, -0.2) is 10.9 Å². The van der Waals surface area contributed by atoms with Crippen LogP contribution in [0.5, 0.6) is 0 Å². The molecule has 19 heavy (non-hydrogen) atoms. The van der Waals surface area contributed by atoms with Crippen LogP contribution in [0.1, 0.15) is 23.3 Å². The van der Waals surface area contributed by atoms with Gasteiger partial charge in [0.1, 0.15) is 0 Å². The van der Waals surface area contributed by atoms with Crippen molar-refractivity contribution in [2.24, 2.45) is 5.92 Å². The molecule has 1 heterocycles. The predicted molar refractivity (Wildman–Crippen MR) is 80.4 cm³/mol. The first kappa shape index (κ1) is 12.8. The fraction of sp³-hybridized carbons (Fsp3) is 0.286. The van der Waals surface area contributed by atoms with Gasteiger partial charge < -0.3 is 5.32 Å². The number of carbonyl (C=O) groups excluding carboxylic acids is 1. The van der Waals surface area contributed by atoms with E-state index in [0.29, 0.717) is 5.13 Å². The molecule has 1 fully saturated rings. The minimum Gasteiger partial charge on any atom is -0.302 e.